The number of fused-ring (bicyclic) bond motifs is 2. The van der Waals surface area contributed by atoms with Crippen LogP contribution in [0.25, 0.3) is 11.0 Å². The van der Waals surface area contributed by atoms with Gasteiger partial charge >= 0.3 is 0 Å². The number of benzene rings is 1. The van der Waals surface area contributed by atoms with E-state index in [1.165, 1.54) is 28.5 Å². The second kappa shape index (κ2) is 8.37. The molecule has 0 fully saturated rings. The number of aryl methyl sites for hydroxylation is 1. The molecule has 1 aromatic carbocycles. The third kappa shape index (κ3) is 4.08. The highest BCUT2D eigenvalue weighted by atomic mass is 32.2. The van der Waals surface area contributed by atoms with Crippen molar-refractivity contribution in [1.29, 1.82) is 0 Å². The summed E-state index contributed by atoms with van der Waals surface area (Å²) in [5.74, 6) is 1.56. The largest absolute Gasteiger partial charge is 0.460 e. The Morgan fingerprint density at radius 3 is 3.04 bits per heavy atom. The summed E-state index contributed by atoms with van der Waals surface area (Å²) >= 11 is 1.54. The molecular weight excluding hydrogens is 370 g/mol. The molecule has 0 spiro atoms. The van der Waals surface area contributed by atoms with Crippen molar-refractivity contribution in [1.82, 2.24) is 15.2 Å². The first-order valence-electron chi connectivity index (χ1n) is 9.55. The van der Waals surface area contributed by atoms with Crippen LogP contribution in [0.2, 0.25) is 0 Å². The van der Waals surface area contributed by atoms with Crippen LogP contribution in [0.1, 0.15) is 28.1 Å². The summed E-state index contributed by atoms with van der Waals surface area (Å²) in [7, 11) is 0. The molecule has 146 valence electrons. The van der Waals surface area contributed by atoms with Crippen molar-refractivity contribution < 1.29 is 9.21 Å². The van der Waals surface area contributed by atoms with E-state index in [2.05, 4.69) is 27.3 Å². The van der Waals surface area contributed by atoms with E-state index in [1.54, 1.807) is 0 Å². The minimum absolute atomic E-state index is 0.0758. The fourth-order valence-corrected chi connectivity index (χ4v) is 4.22. The molecule has 28 heavy (non-hydrogen) atoms. The lowest BCUT2D eigenvalue weighted by molar-refractivity contribution is -0.118. The van der Waals surface area contributed by atoms with Gasteiger partial charge in [-0.15, -0.1) is 0 Å². The zero-order valence-corrected chi connectivity index (χ0v) is 17.1. The summed E-state index contributed by atoms with van der Waals surface area (Å²) in [5.41, 5.74) is 5.72. The Morgan fingerprint density at radius 2 is 2.21 bits per heavy atom. The van der Waals surface area contributed by atoms with E-state index >= 15 is 0 Å². The van der Waals surface area contributed by atoms with Crippen LogP contribution in [0.3, 0.4) is 0 Å². The molecule has 0 aliphatic carbocycles. The normalized spacial score (nSPS) is 14.2. The number of carbonyl (C=O) groups excluding carboxylic acids is 1. The zero-order chi connectivity index (χ0) is 19.5. The first-order chi connectivity index (χ1) is 13.6. The molecular formula is C22H25N3O2S. The van der Waals surface area contributed by atoms with E-state index in [0.29, 0.717) is 12.3 Å². The quantitative estimate of drug-likeness (QED) is 0.690. The minimum Gasteiger partial charge on any atom is -0.460 e. The van der Waals surface area contributed by atoms with E-state index in [4.69, 9.17) is 4.42 Å². The van der Waals surface area contributed by atoms with Gasteiger partial charge in [-0.05, 0) is 48.4 Å². The molecule has 1 aliphatic rings. The lowest BCUT2D eigenvalue weighted by Crippen LogP contribution is -2.32. The number of para-hydroxylation sites is 1. The fourth-order valence-electron chi connectivity index (χ4n) is 3.85. The Labute approximate surface area is 169 Å². The maximum Gasteiger partial charge on any atom is 0.230 e. The van der Waals surface area contributed by atoms with Gasteiger partial charge in [0, 0.05) is 36.9 Å². The van der Waals surface area contributed by atoms with Crippen LogP contribution in [0.4, 0.5) is 0 Å². The number of furan rings is 1. The first-order valence-corrected chi connectivity index (χ1v) is 10.9. The van der Waals surface area contributed by atoms with Gasteiger partial charge in [-0.25, -0.2) is 0 Å². The summed E-state index contributed by atoms with van der Waals surface area (Å²) < 4.78 is 5.98. The van der Waals surface area contributed by atoms with Crippen molar-refractivity contribution in [3.8, 4) is 0 Å². The minimum atomic E-state index is 0.0758. The summed E-state index contributed by atoms with van der Waals surface area (Å²) in [5, 5.41) is 4.18. The summed E-state index contributed by atoms with van der Waals surface area (Å²) in [6.45, 7) is 5.20. The predicted molar refractivity (Wildman–Crippen MR) is 113 cm³/mol. The molecule has 5 nitrogen and oxygen atoms in total. The first kappa shape index (κ1) is 19.0. The standard InChI is InChI=1S/C22H25N3O2S/c1-15-20(11-24-22(26)14-28-2)19-7-8-25(12-17(19)10-23-15)13-18-9-16-5-3-4-6-21(16)27-18/h3-6,9-10H,7-8,11-14H2,1-2H3,(H,24,26). The molecule has 2 aromatic heterocycles. The molecule has 1 aliphatic heterocycles. The maximum absolute atomic E-state index is 11.9. The number of rotatable bonds is 6. The van der Waals surface area contributed by atoms with Crippen LogP contribution in [-0.2, 0) is 30.8 Å². The van der Waals surface area contributed by atoms with Crippen LogP contribution < -0.4 is 5.32 Å². The van der Waals surface area contributed by atoms with Crippen LogP contribution in [0.15, 0.2) is 40.9 Å². The molecule has 3 heterocycles. The van der Waals surface area contributed by atoms with Crippen LogP contribution in [-0.4, -0.2) is 34.3 Å². The van der Waals surface area contributed by atoms with Crippen LogP contribution in [0, 0.1) is 6.92 Å². The van der Waals surface area contributed by atoms with E-state index in [0.717, 1.165) is 48.5 Å². The monoisotopic (exact) mass is 395 g/mol. The van der Waals surface area contributed by atoms with Gasteiger partial charge in [-0.2, -0.15) is 11.8 Å². The van der Waals surface area contributed by atoms with Crippen molar-refractivity contribution in [3.05, 3.63) is 64.7 Å². The average molecular weight is 396 g/mol. The lowest BCUT2D eigenvalue weighted by Gasteiger charge is -2.29. The van der Waals surface area contributed by atoms with Gasteiger partial charge < -0.3 is 9.73 Å². The molecule has 0 radical (unpaired) electrons. The number of hydrogen-bond donors (Lipinski definition) is 1. The van der Waals surface area contributed by atoms with Crippen LogP contribution >= 0.6 is 11.8 Å². The van der Waals surface area contributed by atoms with Crippen molar-refractivity contribution in [2.24, 2.45) is 0 Å². The Morgan fingerprint density at radius 1 is 1.36 bits per heavy atom. The molecule has 1 amide bonds. The maximum atomic E-state index is 11.9. The number of nitrogens with zero attached hydrogens (tertiary/aromatic N) is 2. The highest BCUT2D eigenvalue weighted by Gasteiger charge is 2.22. The summed E-state index contributed by atoms with van der Waals surface area (Å²) in [6.07, 6.45) is 4.89. The second-order valence-corrected chi connectivity index (χ2v) is 8.11. The van der Waals surface area contributed by atoms with Crippen molar-refractivity contribution in [2.75, 3.05) is 18.6 Å². The van der Waals surface area contributed by atoms with E-state index in [-0.39, 0.29) is 5.91 Å². The molecule has 0 atom stereocenters. The number of hydrogen-bond acceptors (Lipinski definition) is 5. The number of pyridine rings is 1. The van der Waals surface area contributed by atoms with Crippen LogP contribution in [0.5, 0.6) is 0 Å². The number of carbonyl (C=O) groups is 1. The Hall–Kier alpha value is -2.31. The number of nitrogens with one attached hydrogen (secondary N) is 1. The summed E-state index contributed by atoms with van der Waals surface area (Å²) in [6, 6.07) is 10.3. The molecule has 3 aromatic rings. The van der Waals surface area contributed by atoms with Gasteiger partial charge in [0.2, 0.25) is 5.91 Å². The van der Waals surface area contributed by atoms with Crippen molar-refractivity contribution >= 4 is 28.6 Å². The lowest BCUT2D eigenvalue weighted by atomic mass is 9.95. The SMILES string of the molecule is CSCC(=O)NCc1c(C)ncc2c1CCN(Cc1cc3ccccc3o1)C2. The highest BCUT2D eigenvalue weighted by molar-refractivity contribution is 7.99. The smallest absolute Gasteiger partial charge is 0.230 e. The van der Waals surface area contributed by atoms with Gasteiger partial charge in [0.1, 0.15) is 11.3 Å². The second-order valence-electron chi connectivity index (χ2n) is 7.25. The highest BCUT2D eigenvalue weighted by Crippen LogP contribution is 2.26. The zero-order valence-electron chi connectivity index (χ0n) is 16.3. The third-order valence-corrected chi connectivity index (χ3v) is 5.82. The Bertz CT molecular complexity index is 966. The Kier molecular flexibility index (Phi) is 5.69. The van der Waals surface area contributed by atoms with Gasteiger partial charge in [-0.3, -0.25) is 14.7 Å². The molecule has 0 saturated carbocycles. The molecule has 6 heteroatoms. The van der Waals surface area contributed by atoms with E-state index in [1.807, 2.05) is 37.6 Å². The fraction of sp³-hybridized carbons (Fsp3) is 0.364. The summed E-state index contributed by atoms with van der Waals surface area (Å²) in [4.78, 5) is 18.8. The molecule has 1 N–H and O–H groups in total. The van der Waals surface area contributed by atoms with Gasteiger partial charge in [0.25, 0.3) is 0 Å². The molecule has 0 saturated heterocycles. The van der Waals surface area contributed by atoms with Gasteiger partial charge in [0.15, 0.2) is 0 Å². The topological polar surface area (TPSA) is 58.4 Å². The molecule has 0 unspecified atom stereocenters. The number of amides is 1. The van der Waals surface area contributed by atoms with E-state index in [9.17, 15) is 4.79 Å². The predicted octanol–water partition coefficient (Wildman–Crippen LogP) is 3.67. The van der Waals surface area contributed by atoms with Gasteiger partial charge in [0.05, 0.1) is 12.3 Å². The Balaban J connectivity index is 1.47. The molecule has 0 bridgehead atoms. The van der Waals surface area contributed by atoms with Crippen molar-refractivity contribution in [3.63, 3.8) is 0 Å². The van der Waals surface area contributed by atoms with E-state index < -0.39 is 0 Å². The van der Waals surface area contributed by atoms with Crippen molar-refractivity contribution in [2.45, 2.75) is 33.0 Å². The average Bonchev–Trinajstić information content (AvgIpc) is 3.10. The third-order valence-electron chi connectivity index (χ3n) is 5.27. The molecule has 4 rings (SSSR count). The van der Waals surface area contributed by atoms with Gasteiger partial charge in [-0.1, -0.05) is 18.2 Å². The number of aromatic nitrogens is 1. The number of thioether (sulfide) groups is 1.